The lowest BCUT2D eigenvalue weighted by atomic mass is 10.1. The molecule has 1 saturated heterocycles. The highest BCUT2D eigenvalue weighted by atomic mass is 32.2. The number of benzene rings is 2. The molecule has 192 valence electrons. The Bertz CT molecular complexity index is 1620. The molecule has 0 unspecified atom stereocenters. The van der Waals surface area contributed by atoms with Crippen molar-refractivity contribution in [2.75, 3.05) is 18.4 Å². The Labute approximate surface area is 215 Å². The van der Waals surface area contributed by atoms with Gasteiger partial charge in [0.2, 0.25) is 15.9 Å². The van der Waals surface area contributed by atoms with Gasteiger partial charge in [-0.15, -0.1) is 0 Å². The van der Waals surface area contributed by atoms with E-state index in [-0.39, 0.29) is 29.3 Å². The molecule has 37 heavy (non-hydrogen) atoms. The van der Waals surface area contributed by atoms with Gasteiger partial charge in [-0.05, 0) is 68.7 Å². The van der Waals surface area contributed by atoms with E-state index in [1.54, 1.807) is 27.4 Å². The summed E-state index contributed by atoms with van der Waals surface area (Å²) in [5.74, 6) is -0.279. The summed E-state index contributed by atoms with van der Waals surface area (Å²) >= 11 is 0. The Morgan fingerprint density at radius 2 is 1.68 bits per heavy atom. The average molecular weight is 520 g/mol. The number of carbonyl (C=O) groups is 1. The minimum absolute atomic E-state index is 0.0604. The quantitative estimate of drug-likeness (QED) is 0.401. The van der Waals surface area contributed by atoms with Crippen LogP contribution in [0.3, 0.4) is 0 Å². The van der Waals surface area contributed by atoms with Gasteiger partial charge in [-0.1, -0.05) is 18.2 Å². The Kier molecular flexibility index (Phi) is 6.70. The molecule has 1 fully saturated rings. The summed E-state index contributed by atoms with van der Waals surface area (Å²) in [7, 11) is -3.51. The number of aryl methyl sites for hydroxylation is 3. The van der Waals surface area contributed by atoms with Crippen LogP contribution < -0.4 is 10.9 Å². The Morgan fingerprint density at radius 1 is 1.00 bits per heavy atom. The van der Waals surface area contributed by atoms with Crippen molar-refractivity contribution >= 4 is 32.7 Å². The standard InChI is InChI=1S/C27H29N5O4S/c1-19-18-25(34)31(27-26(19)20(2)29-32(27)22-8-4-3-5-9-22)17-14-24(33)28-21-10-12-23(13-11-21)37(35,36)30-15-6-7-16-30/h3-5,8-13,18H,6-7,14-17H2,1-2H3,(H,28,33). The molecule has 0 saturated carbocycles. The maximum atomic E-state index is 13.0. The number of anilines is 1. The molecule has 0 radical (unpaired) electrons. The number of amides is 1. The lowest BCUT2D eigenvalue weighted by Crippen LogP contribution is -2.27. The number of hydrogen-bond donors (Lipinski definition) is 1. The van der Waals surface area contributed by atoms with Crippen molar-refractivity contribution < 1.29 is 13.2 Å². The summed E-state index contributed by atoms with van der Waals surface area (Å²) in [5.41, 5.74) is 3.41. The van der Waals surface area contributed by atoms with Crippen molar-refractivity contribution in [2.45, 2.75) is 44.6 Å². The smallest absolute Gasteiger partial charge is 0.252 e. The molecular formula is C27H29N5O4S. The van der Waals surface area contributed by atoms with Crippen LogP contribution in [-0.2, 0) is 21.4 Å². The number of sulfonamides is 1. The number of nitrogens with one attached hydrogen (secondary N) is 1. The molecule has 1 aliphatic rings. The van der Waals surface area contributed by atoms with E-state index in [1.165, 1.54) is 16.4 Å². The van der Waals surface area contributed by atoms with E-state index in [2.05, 4.69) is 10.4 Å². The fourth-order valence-electron chi connectivity index (χ4n) is 4.86. The SMILES string of the molecule is Cc1cc(=O)n(CCC(=O)Nc2ccc(S(=O)(=O)N3CCCC3)cc2)c2c1c(C)nn2-c1ccccc1. The lowest BCUT2D eigenvalue weighted by molar-refractivity contribution is -0.116. The maximum absolute atomic E-state index is 13.0. The average Bonchev–Trinajstić information content (AvgIpc) is 3.54. The van der Waals surface area contributed by atoms with Gasteiger partial charge in [0.1, 0.15) is 5.65 Å². The highest BCUT2D eigenvalue weighted by Gasteiger charge is 2.27. The second-order valence-corrected chi connectivity index (χ2v) is 11.2. The molecule has 10 heteroatoms. The fourth-order valence-corrected chi connectivity index (χ4v) is 6.37. The van der Waals surface area contributed by atoms with E-state index in [1.807, 2.05) is 44.2 Å². The number of fused-ring (bicyclic) bond motifs is 1. The first-order valence-electron chi connectivity index (χ1n) is 12.3. The summed E-state index contributed by atoms with van der Waals surface area (Å²) < 4.78 is 30.3. The minimum Gasteiger partial charge on any atom is -0.326 e. The molecule has 0 atom stereocenters. The van der Waals surface area contributed by atoms with Crippen LogP contribution in [0.4, 0.5) is 5.69 Å². The maximum Gasteiger partial charge on any atom is 0.252 e. The molecule has 1 aliphatic heterocycles. The van der Waals surface area contributed by atoms with Gasteiger partial charge in [0.15, 0.2) is 0 Å². The van der Waals surface area contributed by atoms with Crippen molar-refractivity contribution in [1.29, 1.82) is 0 Å². The first-order chi connectivity index (χ1) is 17.8. The zero-order valence-electron chi connectivity index (χ0n) is 20.8. The van der Waals surface area contributed by atoms with Crippen LogP contribution in [-0.4, -0.2) is 46.1 Å². The van der Waals surface area contributed by atoms with Gasteiger partial charge in [0.05, 0.1) is 16.3 Å². The predicted octanol–water partition coefficient (Wildman–Crippen LogP) is 3.62. The highest BCUT2D eigenvalue weighted by Crippen LogP contribution is 2.25. The third-order valence-electron chi connectivity index (χ3n) is 6.70. The van der Waals surface area contributed by atoms with E-state index >= 15 is 0 Å². The van der Waals surface area contributed by atoms with Crippen LogP contribution in [0.2, 0.25) is 0 Å². The zero-order chi connectivity index (χ0) is 26.2. The van der Waals surface area contributed by atoms with Gasteiger partial charge in [-0.25, -0.2) is 13.1 Å². The number of para-hydroxylation sites is 1. The molecule has 0 aliphatic carbocycles. The number of aromatic nitrogens is 3. The van der Waals surface area contributed by atoms with Crippen molar-refractivity contribution in [3.63, 3.8) is 0 Å². The van der Waals surface area contributed by atoms with Gasteiger partial charge < -0.3 is 5.32 Å². The van der Waals surface area contributed by atoms with Crippen LogP contribution in [0.5, 0.6) is 0 Å². The monoisotopic (exact) mass is 519 g/mol. The normalized spacial score (nSPS) is 14.3. The van der Waals surface area contributed by atoms with Crippen LogP contribution in [0, 0.1) is 13.8 Å². The number of carbonyl (C=O) groups excluding carboxylic acids is 1. The first-order valence-corrected chi connectivity index (χ1v) is 13.7. The number of pyridine rings is 1. The first kappa shape index (κ1) is 24.9. The third kappa shape index (κ3) is 4.82. The van der Waals surface area contributed by atoms with E-state index in [0.717, 1.165) is 35.2 Å². The summed E-state index contributed by atoms with van der Waals surface area (Å²) in [4.78, 5) is 26.0. The topological polar surface area (TPSA) is 106 Å². The Balaban J connectivity index is 1.35. The van der Waals surface area contributed by atoms with Crippen molar-refractivity contribution in [1.82, 2.24) is 18.7 Å². The van der Waals surface area contributed by atoms with E-state index in [9.17, 15) is 18.0 Å². The van der Waals surface area contributed by atoms with Crippen molar-refractivity contribution in [3.8, 4) is 5.69 Å². The fraction of sp³-hybridized carbons (Fsp3) is 0.296. The van der Waals surface area contributed by atoms with Crippen molar-refractivity contribution in [3.05, 3.63) is 82.3 Å². The van der Waals surface area contributed by atoms with Crippen LogP contribution in [0.1, 0.15) is 30.5 Å². The predicted molar refractivity (Wildman–Crippen MR) is 142 cm³/mol. The highest BCUT2D eigenvalue weighted by molar-refractivity contribution is 7.89. The molecule has 5 rings (SSSR count). The number of hydrogen-bond acceptors (Lipinski definition) is 5. The van der Waals surface area contributed by atoms with Gasteiger partial charge in [-0.3, -0.25) is 14.2 Å². The van der Waals surface area contributed by atoms with Crippen LogP contribution in [0.15, 0.2) is 70.4 Å². The Morgan fingerprint density at radius 3 is 2.35 bits per heavy atom. The minimum atomic E-state index is -3.51. The van der Waals surface area contributed by atoms with E-state index in [4.69, 9.17) is 0 Å². The molecular weight excluding hydrogens is 490 g/mol. The number of rotatable bonds is 7. The van der Waals surface area contributed by atoms with E-state index in [0.29, 0.717) is 24.4 Å². The molecule has 1 N–H and O–H groups in total. The van der Waals surface area contributed by atoms with Gasteiger partial charge in [-0.2, -0.15) is 9.40 Å². The molecule has 9 nitrogen and oxygen atoms in total. The molecule has 0 bridgehead atoms. The molecule has 1 amide bonds. The number of nitrogens with zero attached hydrogens (tertiary/aromatic N) is 4. The zero-order valence-corrected chi connectivity index (χ0v) is 21.7. The molecule has 4 aromatic rings. The third-order valence-corrected chi connectivity index (χ3v) is 8.61. The Hall–Kier alpha value is -3.76. The second kappa shape index (κ2) is 9.95. The summed E-state index contributed by atoms with van der Waals surface area (Å²) in [6, 6.07) is 17.3. The van der Waals surface area contributed by atoms with Crippen molar-refractivity contribution in [2.24, 2.45) is 0 Å². The molecule has 3 heterocycles. The summed E-state index contributed by atoms with van der Waals surface area (Å²) in [5, 5.41) is 8.37. The van der Waals surface area contributed by atoms with Crippen LogP contribution in [0.25, 0.3) is 16.7 Å². The summed E-state index contributed by atoms with van der Waals surface area (Å²) in [6.45, 7) is 5.04. The molecule has 0 spiro atoms. The van der Waals surface area contributed by atoms with Gasteiger partial charge in [0, 0.05) is 43.2 Å². The van der Waals surface area contributed by atoms with Gasteiger partial charge in [0.25, 0.3) is 5.56 Å². The molecule has 2 aromatic carbocycles. The molecule has 2 aromatic heterocycles. The lowest BCUT2D eigenvalue weighted by Gasteiger charge is -2.16. The van der Waals surface area contributed by atoms with E-state index < -0.39 is 10.0 Å². The second-order valence-electron chi connectivity index (χ2n) is 9.28. The largest absolute Gasteiger partial charge is 0.326 e. The summed E-state index contributed by atoms with van der Waals surface area (Å²) in [6.07, 6.45) is 1.80. The van der Waals surface area contributed by atoms with Gasteiger partial charge >= 0.3 is 0 Å². The van der Waals surface area contributed by atoms with Crippen LogP contribution >= 0.6 is 0 Å².